The molecule has 0 aliphatic rings. The van der Waals surface area contributed by atoms with Crippen LogP contribution in [0, 0.1) is 17.6 Å². The fourth-order valence-corrected chi connectivity index (χ4v) is 4.41. The Morgan fingerprint density at radius 1 is 0.894 bits per heavy atom. The Kier molecular flexibility index (Phi) is 12.8. The number of urea groups is 1. The highest BCUT2D eigenvalue weighted by Gasteiger charge is 2.23. The van der Waals surface area contributed by atoms with E-state index in [1.165, 1.54) is 11.9 Å². The summed E-state index contributed by atoms with van der Waals surface area (Å²) in [5, 5.41) is 5.25. The molecule has 47 heavy (non-hydrogen) atoms. The zero-order valence-electron chi connectivity index (χ0n) is 27.6. The molecule has 12 heteroatoms. The van der Waals surface area contributed by atoms with Gasteiger partial charge in [-0.2, -0.15) is 0 Å². The topological polar surface area (TPSA) is 117 Å². The van der Waals surface area contributed by atoms with E-state index in [0.717, 1.165) is 23.1 Å². The number of esters is 1. The number of nitrogens with zero attached hydrogens (tertiary/aromatic N) is 2. The fourth-order valence-electron chi connectivity index (χ4n) is 4.41. The molecule has 3 aromatic carbocycles. The maximum absolute atomic E-state index is 14.2. The van der Waals surface area contributed by atoms with Gasteiger partial charge in [-0.25, -0.2) is 13.6 Å². The molecule has 252 valence electrons. The molecule has 0 aliphatic carbocycles. The van der Waals surface area contributed by atoms with E-state index in [9.17, 15) is 28.0 Å². The summed E-state index contributed by atoms with van der Waals surface area (Å²) >= 11 is 0. The summed E-state index contributed by atoms with van der Waals surface area (Å²) in [6.07, 6.45) is 0.667. The summed E-state index contributed by atoms with van der Waals surface area (Å²) in [6.45, 7) is 8.80. The summed E-state index contributed by atoms with van der Waals surface area (Å²) in [6, 6.07) is 15.5. The van der Waals surface area contributed by atoms with E-state index in [1.807, 2.05) is 13.8 Å². The van der Waals surface area contributed by atoms with Crippen molar-refractivity contribution in [2.75, 3.05) is 41.9 Å². The lowest BCUT2D eigenvalue weighted by atomic mass is 10.1. The van der Waals surface area contributed by atoms with E-state index in [4.69, 9.17) is 9.47 Å². The predicted octanol–water partition coefficient (Wildman–Crippen LogP) is 6.09. The Morgan fingerprint density at radius 3 is 2.32 bits per heavy atom. The summed E-state index contributed by atoms with van der Waals surface area (Å²) in [5.41, 5.74) is 0.602. The molecule has 2 N–H and O–H groups in total. The van der Waals surface area contributed by atoms with E-state index in [-0.39, 0.29) is 30.3 Å². The van der Waals surface area contributed by atoms with Crippen LogP contribution in [-0.4, -0.2) is 56.2 Å². The molecular formula is C35H42F2N4O6. The van der Waals surface area contributed by atoms with Crippen LogP contribution in [0.2, 0.25) is 0 Å². The number of rotatable bonds is 13. The van der Waals surface area contributed by atoms with E-state index in [2.05, 4.69) is 10.6 Å². The zero-order valence-corrected chi connectivity index (χ0v) is 27.6. The summed E-state index contributed by atoms with van der Waals surface area (Å²) in [5.74, 6) is -2.46. The highest BCUT2D eigenvalue weighted by atomic mass is 19.1. The first-order chi connectivity index (χ1) is 22.1. The molecule has 0 aromatic heterocycles. The highest BCUT2D eigenvalue weighted by molar-refractivity contribution is 5.99. The lowest BCUT2D eigenvalue weighted by molar-refractivity contribution is -0.153. The molecule has 4 amide bonds. The SMILES string of the molecule is CC(C)CCN(C(=O)CNC(=O)Nc1cccc(CC(=O)OC(C)(C)C)c1)c1ccccc1OCC(=O)N(C)c1cc(F)ccc1F. The van der Waals surface area contributed by atoms with Crippen molar-refractivity contribution in [1.82, 2.24) is 5.32 Å². The minimum Gasteiger partial charge on any atom is -0.482 e. The molecule has 0 radical (unpaired) electrons. The minimum absolute atomic E-state index is 0.0305. The lowest BCUT2D eigenvalue weighted by Gasteiger charge is -2.26. The number of carbonyl (C=O) groups is 4. The van der Waals surface area contributed by atoms with Gasteiger partial charge in [-0.15, -0.1) is 0 Å². The molecule has 0 heterocycles. The smallest absolute Gasteiger partial charge is 0.319 e. The van der Waals surface area contributed by atoms with Gasteiger partial charge >= 0.3 is 12.0 Å². The Bertz CT molecular complexity index is 1570. The number of ether oxygens (including phenoxy) is 2. The molecule has 3 rings (SSSR count). The molecule has 0 saturated carbocycles. The lowest BCUT2D eigenvalue weighted by Crippen LogP contribution is -2.42. The standard InChI is InChI=1S/C35H42F2N4O6/c1-23(2)16-17-41(28-12-7-8-13-30(28)46-22-32(43)40(6)29-20-25(36)14-15-27(29)37)31(42)21-38-34(45)39-26-11-9-10-24(18-26)19-33(44)47-35(3,4)5/h7-15,18,20,23H,16-17,19,21-22H2,1-6H3,(H2,38,39,45). The van der Waals surface area contributed by atoms with Crippen molar-refractivity contribution in [1.29, 1.82) is 0 Å². The number of likely N-dealkylation sites (N-methyl/N-ethyl adjacent to an activating group) is 1. The summed E-state index contributed by atoms with van der Waals surface area (Å²) < 4.78 is 39.0. The first kappa shape index (κ1) is 36.5. The van der Waals surface area contributed by atoms with Crippen LogP contribution >= 0.6 is 0 Å². The number of nitrogens with one attached hydrogen (secondary N) is 2. The summed E-state index contributed by atoms with van der Waals surface area (Å²) in [7, 11) is 1.31. The first-order valence-electron chi connectivity index (χ1n) is 15.2. The number of para-hydroxylation sites is 2. The number of anilines is 3. The van der Waals surface area contributed by atoms with Gasteiger partial charge in [-0.05, 0) is 75.1 Å². The molecule has 0 atom stereocenters. The summed E-state index contributed by atoms with van der Waals surface area (Å²) in [4.78, 5) is 53.7. The number of benzene rings is 3. The second-order valence-electron chi connectivity index (χ2n) is 12.3. The molecular weight excluding hydrogens is 610 g/mol. The van der Waals surface area contributed by atoms with Gasteiger partial charge in [-0.3, -0.25) is 14.4 Å². The Hall–Kier alpha value is -5.00. The van der Waals surface area contributed by atoms with E-state index >= 15 is 0 Å². The van der Waals surface area contributed by atoms with Crippen molar-refractivity contribution < 1.29 is 37.4 Å². The zero-order chi connectivity index (χ0) is 34.7. The Labute approximate surface area is 274 Å². The van der Waals surface area contributed by atoms with Crippen molar-refractivity contribution >= 4 is 40.9 Å². The Morgan fingerprint density at radius 2 is 1.62 bits per heavy atom. The maximum Gasteiger partial charge on any atom is 0.319 e. The van der Waals surface area contributed by atoms with Crippen molar-refractivity contribution in [2.45, 2.75) is 53.1 Å². The average molecular weight is 653 g/mol. The van der Waals surface area contributed by atoms with Gasteiger partial charge < -0.3 is 29.9 Å². The fraction of sp³-hybridized carbons (Fsp3) is 0.371. The third kappa shape index (κ3) is 11.7. The molecule has 3 aromatic rings. The van der Waals surface area contributed by atoms with Gasteiger partial charge in [0.2, 0.25) is 5.91 Å². The number of halogens is 2. The van der Waals surface area contributed by atoms with Crippen LogP contribution in [0.15, 0.2) is 66.7 Å². The third-order valence-corrected chi connectivity index (χ3v) is 6.74. The van der Waals surface area contributed by atoms with Crippen LogP contribution in [0.3, 0.4) is 0 Å². The first-order valence-corrected chi connectivity index (χ1v) is 15.2. The average Bonchev–Trinajstić information content (AvgIpc) is 2.99. The quantitative estimate of drug-likeness (QED) is 0.216. The molecule has 10 nitrogen and oxygen atoms in total. The normalized spacial score (nSPS) is 11.1. The third-order valence-electron chi connectivity index (χ3n) is 6.74. The van der Waals surface area contributed by atoms with Crippen molar-refractivity contribution in [2.24, 2.45) is 5.92 Å². The second-order valence-corrected chi connectivity index (χ2v) is 12.3. The molecule has 0 saturated heterocycles. The van der Waals surface area contributed by atoms with Gasteiger partial charge in [0.05, 0.1) is 24.3 Å². The van der Waals surface area contributed by atoms with Gasteiger partial charge in [0.1, 0.15) is 23.0 Å². The maximum atomic E-state index is 14.2. The Balaban J connectivity index is 1.67. The number of hydrogen-bond acceptors (Lipinski definition) is 6. The molecule has 0 unspecified atom stereocenters. The monoisotopic (exact) mass is 652 g/mol. The molecule has 0 bridgehead atoms. The van der Waals surface area contributed by atoms with E-state index in [0.29, 0.717) is 29.9 Å². The van der Waals surface area contributed by atoms with Gasteiger partial charge in [0.25, 0.3) is 5.91 Å². The largest absolute Gasteiger partial charge is 0.482 e. The molecule has 0 aliphatic heterocycles. The minimum atomic E-state index is -0.766. The van der Waals surface area contributed by atoms with Crippen molar-refractivity contribution in [3.8, 4) is 5.75 Å². The van der Waals surface area contributed by atoms with Crippen LogP contribution in [0.5, 0.6) is 5.75 Å². The van der Waals surface area contributed by atoms with Crippen LogP contribution in [-0.2, 0) is 25.5 Å². The van der Waals surface area contributed by atoms with Crippen LogP contribution in [0.4, 0.5) is 30.6 Å². The van der Waals surface area contributed by atoms with Crippen LogP contribution in [0.25, 0.3) is 0 Å². The van der Waals surface area contributed by atoms with Gasteiger partial charge in [0.15, 0.2) is 6.61 Å². The van der Waals surface area contributed by atoms with E-state index in [1.54, 1.807) is 69.3 Å². The molecule has 0 spiro atoms. The van der Waals surface area contributed by atoms with Gasteiger partial charge in [0, 0.05) is 25.3 Å². The van der Waals surface area contributed by atoms with Gasteiger partial charge in [-0.1, -0.05) is 38.1 Å². The van der Waals surface area contributed by atoms with Crippen LogP contribution < -0.4 is 25.2 Å². The number of carbonyl (C=O) groups excluding carboxylic acids is 4. The van der Waals surface area contributed by atoms with E-state index < -0.39 is 47.7 Å². The van der Waals surface area contributed by atoms with Crippen LogP contribution in [0.1, 0.15) is 46.6 Å². The highest BCUT2D eigenvalue weighted by Crippen LogP contribution is 2.29. The second kappa shape index (κ2) is 16.5. The van der Waals surface area contributed by atoms with Crippen molar-refractivity contribution in [3.63, 3.8) is 0 Å². The van der Waals surface area contributed by atoms with Crippen molar-refractivity contribution in [3.05, 3.63) is 83.9 Å². The molecule has 0 fully saturated rings. The number of hydrogen-bond donors (Lipinski definition) is 2. The predicted molar refractivity (Wildman–Crippen MR) is 177 cm³/mol. The number of amides is 4.